The minimum atomic E-state index is -0.540. The van der Waals surface area contributed by atoms with Crippen molar-refractivity contribution < 1.29 is 0 Å². The second-order valence-corrected chi connectivity index (χ2v) is 8.31. The number of fused-ring (bicyclic) bond motifs is 3. The zero-order valence-corrected chi connectivity index (χ0v) is 16.7. The minimum absolute atomic E-state index is 0.184. The lowest BCUT2D eigenvalue weighted by atomic mass is 10.00. The molecule has 0 amide bonds. The molecule has 2 aliphatic heterocycles. The van der Waals surface area contributed by atoms with Crippen LogP contribution >= 0.6 is 0 Å². The zero-order chi connectivity index (χ0) is 20.1. The summed E-state index contributed by atoms with van der Waals surface area (Å²) in [6, 6.07) is 7.96. The Labute approximate surface area is 168 Å². The van der Waals surface area contributed by atoms with E-state index in [4.69, 9.17) is 0 Å². The highest BCUT2D eigenvalue weighted by Crippen LogP contribution is 2.37. The molecular weight excluding hydrogens is 368 g/mol. The molecule has 8 heteroatoms. The lowest BCUT2D eigenvalue weighted by molar-refractivity contribution is 0.303. The Balaban J connectivity index is 1.41. The summed E-state index contributed by atoms with van der Waals surface area (Å²) in [6.45, 7) is 5.50. The molecule has 1 saturated heterocycles. The fourth-order valence-electron chi connectivity index (χ4n) is 4.59. The van der Waals surface area contributed by atoms with Crippen molar-refractivity contribution in [1.29, 1.82) is 0 Å². The number of likely N-dealkylation sites (tertiary alicyclic amines) is 1. The van der Waals surface area contributed by atoms with E-state index in [1.54, 1.807) is 4.57 Å². The smallest absolute Gasteiger partial charge is 0.298 e. The second kappa shape index (κ2) is 6.81. The van der Waals surface area contributed by atoms with Crippen LogP contribution in [-0.4, -0.2) is 42.1 Å². The summed E-state index contributed by atoms with van der Waals surface area (Å²) < 4.78 is 4.75. The first-order valence-electron chi connectivity index (χ1n) is 9.95. The molecule has 2 atom stereocenters. The van der Waals surface area contributed by atoms with Crippen molar-refractivity contribution in [3.05, 3.63) is 79.9 Å². The topological polar surface area (TPSA) is 78.0 Å². The standard InChI is InChI=1S/C21H24N6O2/c1-14-3-5-15(6-4-14)10-27-21(29)20(28)26-12-17-11-25(13-18(17)19(26)23-27)9-16-7-22-24(2)8-16/h3-8,17-18H,9-13H2,1-2H3/t17-,18+/m1/s1. The second-order valence-electron chi connectivity index (χ2n) is 8.31. The fraction of sp³-hybridized carbons (Fsp3) is 0.429. The van der Waals surface area contributed by atoms with Gasteiger partial charge in [0.25, 0.3) is 0 Å². The van der Waals surface area contributed by atoms with E-state index in [2.05, 4.69) is 15.1 Å². The normalized spacial score (nSPS) is 20.8. The fourth-order valence-corrected chi connectivity index (χ4v) is 4.59. The van der Waals surface area contributed by atoms with Gasteiger partial charge in [0, 0.05) is 56.8 Å². The number of hydrogen-bond donors (Lipinski definition) is 0. The molecule has 4 heterocycles. The molecule has 0 radical (unpaired) electrons. The van der Waals surface area contributed by atoms with Gasteiger partial charge in [-0.15, -0.1) is 0 Å². The van der Waals surface area contributed by atoms with Gasteiger partial charge >= 0.3 is 11.1 Å². The van der Waals surface area contributed by atoms with Crippen molar-refractivity contribution in [2.75, 3.05) is 13.1 Å². The maximum absolute atomic E-state index is 12.7. The van der Waals surface area contributed by atoms with E-state index in [1.165, 1.54) is 10.2 Å². The molecule has 1 aromatic carbocycles. The van der Waals surface area contributed by atoms with Gasteiger partial charge in [0.15, 0.2) is 0 Å². The van der Waals surface area contributed by atoms with Crippen LogP contribution in [0.15, 0.2) is 46.2 Å². The van der Waals surface area contributed by atoms with Gasteiger partial charge in [-0.1, -0.05) is 29.8 Å². The monoisotopic (exact) mass is 392 g/mol. The quantitative estimate of drug-likeness (QED) is 0.612. The van der Waals surface area contributed by atoms with Crippen molar-refractivity contribution in [2.45, 2.75) is 32.5 Å². The van der Waals surface area contributed by atoms with E-state index >= 15 is 0 Å². The molecule has 3 aromatic rings. The number of aryl methyl sites for hydroxylation is 2. The van der Waals surface area contributed by atoms with Gasteiger partial charge in [0.1, 0.15) is 5.82 Å². The van der Waals surface area contributed by atoms with Crippen molar-refractivity contribution >= 4 is 0 Å². The Bertz CT molecular complexity index is 1170. The maximum atomic E-state index is 12.7. The Morgan fingerprint density at radius 1 is 1.00 bits per heavy atom. The molecule has 0 spiro atoms. The largest absolute Gasteiger partial charge is 0.332 e. The molecule has 0 aliphatic carbocycles. The Hall–Kier alpha value is -3.00. The van der Waals surface area contributed by atoms with E-state index in [-0.39, 0.29) is 5.92 Å². The average Bonchev–Trinajstić information content (AvgIpc) is 3.37. The summed E-state index contributed by atoms with van der Waals surface area (Å²) >= 11 is 0. The predicted octanol–water partition coefficient (Wildman–Crippen LogP) is 0.724. The summed E-state index contributed by atoms with van der Waals surface area (Å²) in [5.74, 6) is 1.26. The molecule has 29 heavy (non-hydrogen) atoms. The third-order valence-corrected chi connectivity index (χ3v) is 6.05. The minimum Gasteiger partial charge on any atom is -0.298 e. The summed E-state index contributed by atoms with van der Waals surface area (Å²) in [4.78, 5) is 27.7. The average molecular weight is 392 g/mol. The zero-order valence-electron chi connectivity index (χ0n) is 16.7. The molecule has 0 N–H and O–H groups in total. The predicted molar refractivity (Wildman–Crippen MR) is 108 cm³/mol. The van der Waals surface area contributed by atoms with Gasteiger partial charge in [-0.2, -0.15) is 10.2 Å². The highest BCUT2D eigenvalue weighted by molar-refractivity contribution is 5.21. The Kier molecular flexibility index (Phi) is 4.24. The maximum Gasteiger partial charge on any atom is 0.332 e. The van der Waals surface area contributed by atoms with Crippen molar-refractivity contribution in [2.24, 2.45) is 13.0 Å². The highest BCUT2D eigenvalue weighted by Gasteiger charge is 2.42. The van der Waals surface area contributed by atoms with Crippen LogP contribution in [0.5, 0.6) is 0 Å². The van der Waals surface area contributed by atoms with Crippen LogP contribution in [-0.2, 0) is 26.7 Å². The third-order valence-electron chi connectivity index (χ3n) is 6.05. The van der Waals surface area contributed by atoms with Gasteiger partial charge < -0.3 is 0 Å². The molecule has 150 valence electrons. The summed E-state index contributed by atoms with van der Waals surface area (Å²) in [5.41, 5.74) is 2.32. The van der Waals surface area contributed by atoms with Crippen LogP contribution in [0.1, 0.15) is 28.4 Å². The molecule has 2 aromatic heterocycles. The Morgan fingerprint density at radius 3 is 2.52 bits per heavy atom. The first kappa shape index (κ1) is 18.1. The highest BCUT2D eigenvalue weighted by atomic mass is 16.2. The SMILES string of the molecule is Cc1ccc(Cn2nc3n(c(=O)c2=O)C[C@H]2CN(Cc4cnn(C)c4)C[C@H]32)cc1. The lowest BCUT2D eigenvalue weighted by Gasteiger charge is -2.17. The van der Waals surface area contributed by atoms with Crippen molar-refractivity contribution in [3.8, 4) is 0 Å². The number of aromatic nitrogens is 5. The molecule has 0 unspecified atom stereocenters. The lowest BCUT2D eigenvalue weighted by Crippen LogP contribution is -2.44. The van der Waals surface area contributed by atoms with Crippen molar-refractivity contribution in [3.63, 3.8) is 0 Å². The summed E-state index contributed by atoms with van der Waals surface area (Å²) in [5, 5.41) is 8.88. The van der Waals surface area contributed by atoms with Gasteiger partial charge in [-0.3, -0.25) is 23.7 Å². The van der Waals surface area contributed by atoms with Crippen LogP contribution in [0.3, 0.4) is 0 Å². The number of nitrogens with zero attached hydrogens (tertiary/aromatic N) is 6. The number of benzene rings is 1. The molecule has 2 aliphatic rings. The van der Waals surface area contributed by atoms with Crippen LogP contribution in [0, 0.1) is 12.8 Å². The molecule has 5 rings (SSSR count). The van der Waals surface area contributed by atoms with Crippen LogP contribution < -0.4 is 11.1 Å². The number of rotatable bonds is 4. The van der Waals surface area contributed by atoms with Crippen LogP contribution in [0.2, 0.25) is 0 Å². The first-order chi connectivity index (χ1) is 14.0. The number of hydrogen-bond acceptors (Lipinski definition) is 5. The van der Waals surface area contributed by atoms with Crippen LogP contribution in [0.4, 0.5) is 0 Å². The van der Waals surface area contributed by atoms with E-state index in [9.17, 15) is 9.59 Å². The first-order valence-corrected chi connectivity index (χ1v) is 9.95. The van der Waals surface area contributed by atoms with Gasteiger partial charge in [0.2, 0.25) is 0 Å². The van der Waals surface area contributed by atoms with Gasteiger partial charge in [-0.25, -0.2) is 4.68 Å². The van der Waals surface area contributed by atoms with Crippen molar-refractivity contribution in [1.82, 2.24) is 29.0 Å². The van der Waals surface area contributed by atoms with E-state index < -0.39 is 11.1 Å². The summed E-state index contributed by atoms with van der Waals surface area (Å²) in [6.07, 6.45) is 3.92. The van der Waals surface area contributed by atoms with E-state index in [1.807, 2.05) is 55.3 Å². The van der Waals surface area contributed by atoms with E-state index in [0.717, 1.165) is 36.6 Å². The summed E-state index contributed by atoms with van der Waals surface area (Å²) in [7, 11) is 1.92. The van der Waals surface area contributed by atoms with Gasteiger partial charge in [-0.05, 0) is 12.5 Å². The van der Waals surface area contributed by atoms with Gasteiger partial charge in [0.05, 0.1) is 12.7 Å². The third kappa shape index (κ3) is 3.23. The Morgan fingerprint density at radius 2 is 1.79 bits per heavy atom. The molecule has 0 saturated carbocycles. The molecule has 1 fully saturated rings. The molecular formula is C21H24N6O2. The van der Waals surface area contributed by atoms with Crippen LogP contribution in [0.25, 0.3) is 0 Å². The van der Waals surface area contributed by atoms with E-state index in [0.29, 0.717) is 19.0 Å². The molecule has 0 bridgehead atoms. The molecule has 8 nitrogen and oxygen atoms in total.